The van der Waals surface area contributed by atoms with Gasteiger partial charge in [-0.15, -0.1) is 24.8 Å². The van der Waals surface area contributed by atoms with Crippen molar-refractivity contribution in [2.45, 2.75) is 6.42 Å². The van der Waals surface area contributed by atoms with E-state index in [0.29, 0.717) is 0 Å². The number of benzene rings is 2. The van der Waals surface area contributed by atoms with Crippen LogP contribution in [0.4, 0.5) is 11.4 Å². The summed E-state index contributed by atoms with van der Waals surface area (Å²) in [6, 6.07) is 16.4. The van der Waals surface area contributed by atoms with Crippen molar-refractivity contribution < 1.29 is 4.74 Å². The van der Waals surface area contributed by atoms with Gasteiger partial charge in [-0.1, -0.05) is 18.2 Å². The minimum Gasteiger partial charge on any atom is -0.496 e. The first-order valence-corrected chi connectivity index (χ1v) is 6.47. The van der Waals surface area contributed by atoms with Gasteiger partial charge in [-0.3, -0.25) is 0 Å². The average molecular weight is 329 g/mol. The standard InChI is InChI=1S/C16H20N2O.2ClH/c1-17-14-7-9-15(10-8-14)18-12-11-13-5-3-4-6-16(13)19-2;;/h3-10,17-18H,11-12H2,1-2H3;2*1H. The maximum absolute atomic E-state index is 5.34. The number of rotatable bonds is 6. The van der Waals surface area contributed by atoms with Gasteiger partial charge < -0.3 is 15.4 Å². The van der Waals surface area contributed by atoms with Crippen molar-refractivity contribution in [2.24, 2.45) is 0 Å². The van der Waals surface area contributed by atoms with E-state index < -0.39 is 0 Å². The van der Waals surface area contributed by atoms with Crippen LogP contribution in [-0.4, -0.2) is 20.7 Å². The molecule has 0 spiro atoms. The number of anilines is 2. The molecular weight excluding hydrogens is 307 g/mol. The van der Waals surface area contributed by atoms with Gasteiger partial charge in [-0.2, -0.15) is 0 Å². The predicted molar refractivity (Wildman–Crippen MR) is 95.7 cm³/mol. The third-order valence-corrected chi connectivity index (χ3v) is 3.09. The van der Waals surface area contributed by atoms with Gasteiger partial charge in [0.2, 0.25) is 0 Å². The van der Waals surface area contributed by atoms with E-state index in [-0.39, 0.29) is 24.8 Å². The highest BCUT2D eigenvalue weighted by Crippen LogP contribution is 2.18. The van der Waals surface area contributed by atoms with Crippen LogP contribution >= 0.6 is 24.8 Å². The lowest BCUT2D eigenvalue weighted by Crippen LogP contribution is -2.05. The molecule has 0 fully saturated rings. The molecule has 2 rings (SSSR count). The van der Waals surface area contributed by atoms with E-state index in [4.69, 9.17) is 4.74 Å². The Kier molecular flexibility index (Phi) is 9.42. The van der Waals surface area contributed by atoms with Crippen molar-refractivity contribution in [2.75, 3.05) is 31.3 Å². The third kappa shape index (κ3) is 5.74. The first-order valence-electron chi connectivity index (χ1n) is 6.47. The van der Waals surface area contributed by atoms with Crippen LogP contribution in [0.15, 0.2) is 48.5 Å². The molecule has 0 amide bonds. The summed E-state index contributed by atoms with van der Waals surface area (Å²) in [5, 5.41) is 6.52. The van der Waals surface area contributed by atoms with Crippen LogP contribution in [0.1, 0.15) is 5.56 Å². The zero-order valence-corrected chi connectivity index (χ0v) is 13.9. The molecule has 0 saturated carbocycles. The van der Waals surface area contributed by atoms with E-state index in [1.165, 1.54) is 5.56 Å². The van der Waals surface area contributed by atoms with E-state index >= 15 is 0 Å². The van der Waals surface area contributed by atoms with Gasteiger partial charge in [0.05, 0.1) is 7.11 Å². The lowest BCUT2D eigenvalue weighted by atomic mass is 10.1. The molecule has 0 aromatic heterocycles. The summed E-state index contributed by atoms with van der Waals surface area (Å²) < 4.78 is 5.34. The van der Waals surface area contributed by atoms with Crippen LogP contribution in [0.5, 0.6) is 5.75 Å². The molecule has 0 aliphatic rings. The second-order valence-electron chi connectivity index (χ2n) is 4.32. The van der Waals surface area contributed by atoms with E-state index in [9.17, 15) is 0 Å². The van der Waals surface area contributed by atoms with Gasteiger partial charge in [0.1, 0.15) is 5.75 Å². The van der Waals surface area contributed by atoms with Crippen molar-refractivity contribution in [3.05, 3.63) is 54.1 Å². The van der Waals surface area contributed by atoms with Crippen LogP contribution in [0.2, 0.25) is 0 Å². The van der Waals surface area contributed by atoms with Crippen LogP contribution < -0.4 is 15.4 Å². The number of halogens is 2. The minimum atomic E-state index is 0. The van der Waals surface area contributed by atoms with Crippen molar-refractivity contribution in [3.8, 4) is 5.75 Å². The number of para-hydroxylation sites is 1. The van der Waals surface area contributed by atoms with E-state index in [1.807, 2.05) is 25.2 Å². The SMILES string of the molecule is CNc1ccc(NCCc2ccccc2OC)cc1.Cl.Cl. The number of hydrogen-bond acceptors (Lipinski definition) is 3. The molecule has 0 atom stereocenters. The zero-order valence-electron chi connectivity index (χ0n) is 12.3. The van der Waals surface area contributed by atoms with Gasteiger partial charge in [0, 0.05) is 25.0 Å². The molecule has 21 heavy (non-hydrogen) atoms. The van der Waals surface area contributed by atoms with Crippen molar-refractivity contribution >= 4 is 36.2 Å². The molecule has 3 nitrogen and oxygen atoms in total. The molecule has 2 N–H and O–H groups in total. The van der Waals surface area contributed by atoms with E-state index in [1.54, 1.807) is 7.11 Å². The van der Waals surface area contributed by atoms with Crippen molar-refractivity contribution in [1.29, 1.82) is 0 Å². The first kappa shape index (κ1) is 19.4. The number of hydrogen-bond donors (Lipinski definition) is 2. The Morgan fingerprint density at radius 3 is 2.14 bits per heavy atom. The summed E-state index contributed by atoms with van der Waals surface area (Å²) in [5.74, 6) is 0.954. The largest absolute Gasteiger partial charge is 0.496 e. The molecule has 0 saturated heterocycles. The fourth-order valence-electron chi connectivity index (χ4n) is 2.01. The summed E-state index contributed by atoms with van der Waals surface area (Å²) in [5.41, 5.74) is 3.48. The van der Waals surface area contributed by atoms with E-state index in [2.05, 4.69) is 41.0 Å². The highest BCUT2D eigenvalue weighted by Gasteiger charge is 2.01. The van der Waals surface area contributed by atoms with Crippen LogP contribution in [-0.2, 0) is 6.42 Å². The summed E-state index contributed by atoms with van der Waals surface area (Å²) in [4.78, 5) is 0. The molecule has 0 aliphatic carbocycles. The van der Waals surface area contributed by atoms with Gasteiger partial charge in [-0.05, 0) is 42.3 Å². The van der Waals surface area contributed by atoms with Gasteiger partial charge in [-0.25, -0.2) is 0 Å². The molecule has 116 valence electrons. The lowest BCUT2D eigenvalue weighted by Gasteiger charge is -2.10. The minimum absolute atomic E-state index is 0. The zero-order chi connectivity index (χ0) is 13.5. The molecular formula is C16H22Cl2N2O. The maximum Gasteiger partial charge on any atom is 0.122 e. The normalized spacial score (nSPS) is 9.05. The molecule has 2 aromatic carbocycles. The number of methoxy groups -OCH3 is 1. The predicted octanol–water partition coefficient (Wildman–Crippen LogP) is 4.24. The molecule has 0 unspecified atom stereocenters. The topological polar surface area (TPSA) is 33.3 Å². The Morgan fingerprint density at radius 1 is 0.905 bits per heavy atom. The van der Waals surface area contributed by atoms with Crippen molar-refractivity contribution in [3.63, 3.8) is 0 Å². The lowest BCUT2D eigenvalue weighted by molar-refractivity contribution is 0.410. The van der Waals surface area contributed by atoms with Gasteiger partial charge in [0.25, 0.3) is 0 Å². The second kappa shape index (κ2) is 10.2. The summed E-state index contributed by atoms with van der Waals surface area (Å²) in [6.45, 7) is 0.888. The van der Waals surface area contributed by atoms with Crippen LogP contribution in [0.25, 0.3) is 0 Å². The number of nitrogens with one attached hydrogen (secondary N) is 2. The Hall–Kier alpha value is -1.58. The van der Waals surface area contributed by atoms with Crippen LogP contribution in [0.3, 0.4) is 0 Å². The average Bonchev–Trinajstić information content (AvgIpc) is 2.48. The fraction of sp³-hybridized carbons (Fsp3) is 0.250. The Morgan fingerprint density at radius 2 is 1.52 bits per heavy atom. The Bertz CT molecular complexity index is 518. The highest BCUT2D eigenvalue weighted by atomic mass is 35.5. The second-order valence-corrected chi connectivity index (χ2v) is 4.32. The Labute approximate surface area is 138 Å². The molecule has 0 bridgehead atoms. The fourth-order valence-corrected chi connectivity index (χ4v) is 2.01. The Balaban J connectivity index is 0.00000200. The molecule has 2 aromatic rings. The first-order chi connectivity index (χ1) is 9.33. The maximum atomic E-state index is 5.34. The van der Waals surface area contributed by atoms with Gasteiger partial charge >= 0.3 is 0 Å². The summed E-state index contributed by atoms with van der Waals surface area (Å²) >= 11 is 0. The molecule has 0 heterocycles. The van der Waals surface area contributed by atoms with Gasteiger partial charge in [0.15, 0.2) is 0 Å². The van der Waals surface area contributed by atoms with Crippen LogP contribution in [0, 0.1) is 0 Å². The molecule has 0 radical (unpaired) electrons. The highest BCUT2D eigenvalue weighted by molar-refractivity contribution is 5.85. The summed E-state index contributed by atoms with van der Waals surface area (Å²) in [7, 11) is 3.63. The molecule has 5 heteroatoms. The monoisotopic (exact) mass is 328 g/mol. The quantitative estimate of drug-likeness (QED) is 0.832. The third-order valence-electron chi connectivity index (χ3n) is 3.09. The molecule has 0 aliphatic heterocycles. The van der Waals surface area contributed by atoms with E-state index in [0.717, 1.165) is 30.1 Å². The smallest absolute Gasteiger partial charge is 0.122 e. The number of ether oxygens (including phenoxy) is 1. The van der Waals surface area contributed by atoms with Crippen molar-refractivity contribution in [1.82, 2.24) is 0 Å². The summed E-state index contributed by atoms with van der Waals surface area (Å²) in [6.07, 6.45) is 0.942.